The van der Waals surface area contributed by atoms with Gasteiger partial charge < -0.3 is 15.2 Å². The number of nitrogens with zero attached hydrogens (tertiary/aromatic N) is 2. The Bertz CT molecular complexity index is 606. The van der Waals surface area contributed by atoms with Crippen molar-refractivity contribution in [2.45, 2.75) is 25.4 Å². The van der Waals surface area contributed by atoms with Gasteiger partial charge in [0, 0.05) is 14.7 Å². The first-order valence-electron chi connectivity index (χ1n) is 6.30. The molecule has 0 radical (unpaired) electrons. The molecule has 0 spiro atoms. The number of nitrogens with one attached hydrogen (secondary N) is 2. The van der Waals surface area contributed by atoms with E-state index in [1.807, 2.05) is 11.4 Å². The SMILES string of the molecule is O=C(NCc1cc(Br)cs1)c1noc(C2CCCN2)n1. The van der Waals surface area contributed by atoms with E-state index in [-0.39, 0.29) is 17.8 Å². The van der Waals surface area contributed by atoms with Crippen LogP contribution >= 0.6 is 27.3 Å². The van der Waals surface area contributed by atoms with Crippen LogP contribution in [0.4, 0.5) is 0 Å². The summed E-state index contributed by atoms with van der Waals surface area (Å²) in [5, 5.41) is 11.7. The minimum atomic E-state index is -0.317. The van der Waals surface area contributed by atoms with Crippen LogP contribution in [0.2, 0.25) is 0 Å². The van der Waals surface area contributed by atoms with E-state index < -0.39 is 0 Å². The van der Waals surface area contributed by atoms with Gasteiger partial charge in [0.1, 0.15) is 0 Å². The molecule has 8 heteroatoms. The van der Waals surface area contributed by atoms with Crippen molar-refractivity contribution in [3.8, 4) is 0 Å². The topological polar surface area (TPSA) is 80.0 Å². The summed E-state index contributed by atoms with van der Waals surface area (Å²) in [7, 11) is 0. The highest BCUT2D eigenvalue weighted by atomic mass is 79.9. The molecular weight excluding hydrogens is 344 g/mol. The largest absolute Gasteiger partial charge is 0.344 e. The van der Waals surface area contributed by atoms with E-state index >= 15 is 0 Å². The van der Waals surface area contributed by atoms with Gasteiger partial charge in [-0.05, 0) is 41.4 Å². The first-order chi connectivity index (χ1) is 9.72. The molecule has 0 bridgehead atoms. The van der Waals surface area contributed by atoms with Crippen LogP contribution in [0.3, 0.4) is 0 Å². The maximum atomic E-state index is 11.9. The summed E-state index contributed by atoms with van der Waals surface area (Å²) in [6.07, 6.45) is 2.05. The number of aromatic nitrogens is 2. The van der Waals surface area contributed by atoms with Gasteiger partial charge in [0.25, 0.3) is 11.7 Å². The number of halogens is 1. The Balaban J connectivity index is 1.59. The average Bonchev–Trinajstić information content (AvgIpc) is 3.16. The van der Waals surface area contributed by atoms with Crippen LogP contribution in [0.15, 0.2) is 20.4 Å². The summed E-state index contributed by atoms with van der Waals surface area (Å²) in [4.78, 5) is 17.1. The molecule has 1 unspecified atom stereocenters. The summed E-state index contributed by atoms with van der Waals surface area (Å²) in [6.45, 7) is 1.41. The van der Waals surface area contributed by atoms with Crippen LogP contribution in [-0.2, 0) is 6.54 Å². The van der Waals surface area contributed by atoms with E-state index in [0.717, 1.165) is 28.7 Å². The standard InChI is InChI=1S/C12H13BrN4O2S/c13-7-4-8(20-6-7)5-15-11(18)10-16-12(19-17-10)9-2-1-3-14-9/h4,6,9,14H,1-3,5H2,(H,15,18). The Morgan fingerprint density at radius 2 is 2.55 bits per heavy atom. The predicted molar refractivity (Wildman–Crippen MR) is 77.5 cm³/mol. The zero-order valence-electron chi connectivity index (χ0n) is 10.6. The Kier molecular flexibility index (Phi) is 4.13. The molecule has 1 amide bonds. The van der Waals surface area contributed by atoms with E-state index in [4.69, 9.17) is 4.52 Å². The van der Waals surface area contributed by atoms with Gasteiger partial charge in [-0.25, -0.2) is 0 Å². The Hall–Kier alpha value is -1.25. The van der Waals surface area contributed by atoms with Gasteiger partial charge in [-0.1, -0.05) is 5.16 Å². The number of amides is 1. The van der Waals surface area contributed by atoms with Crippen molar-refractivity contribution >= 4 is 33.2 Å². The normalized spacial score (nSPS) is 18.4. The second kappa shape index (κ2) is 6.02. The number of rotatable bonds is 4. The fraction of sp³-hybridized carbons (Fsp3) is 0.417. The van der Waals surface area contributed by atoms with Gasteiger partial charge in [-0.2, -0.15) is 4.98 Å². The fourth-order valence-electron chi connectivity index (χ4n) is 2.06. The Labute approximate surface area is 128 Å². The van der Waals surface area contributed by atoms with E-state index in [1.165, 1.54) is 0 Å². The molecule has 20 heavy (non-hydrogen) atoms. The summed E-state index contributed by atoms with van der Waals surface area (Å²) in [5.41, 5.74) is 0. The lowest BCUT2D eigenvalue weighted by molar-refractivity contribution is 0.0938. The highest BCUT2D eigenvalue weighted by molar-refractivity contribution is 9.10. The van der Waals surface area contributed by atoms with E-state index in [1.54, 1.807) is 11.3 Å². The van der Waals surface area contributed by atoms with Crippen molar-refractivity contribution in [3.05, 3.63) is 32.5 Å². The van der Waals surface area contributed by atoms with Gasteiger partial charge in [0.15, 0.2) is 0 Å². The Morgan fingerprint density at radius 3 is 3.25 bits per heavy atom. The minimum Gasteiger partial charge on any atom is -0.344 e. The fourth-order valence-corrected chi connectivity index (χ4v) is 3.45. The van der Waals surface area contributed by atoms with Crippen molar-refractivity contribution < 1.29 is 9.32 Å². The molecule has 0 saturated carbocycles. The van der Waals surface area contributed by atoms with Gasteiger partial charge in [0.05, 0.1) is 12.6 Å². The van der Waals surface area contributed by atoms with Crippen LogP contribution in [0.25, 0.3) is 0 Å². The molecule has 6 nitrogen and oxygen atoms in total. The maximum Gasteiger partial charge on any atom is 0.292 e. The van der Waals surface area contributed by atoms with Crippen LogP contribution in [0, 0.1) is 0 Å². The minimum absolute atomic E-state index is 0.0808. The molecule has 2 N–H and O–H groups in total. The van der Waals surface area contributed by atoms with E-state index in [0.29, 0.717) is 12.4 Å². The van der Waals surface area contributed by atoms with Crippen LogP contribution in [-0.4, -0.2) is 22.6 Å². The third-order valence-electron chi connectivity index (χ3n) is 3.05. The number of hydrogen-bond donors (Lipinski definition) is 2. The van der Waals surface area contributed by atoms with E-state index in [9.17, 15) is 4.79 Å². The lowest BCUT2D eigenvalue weighted by Crippen LogP contribution is -2.23. The molecule has 2 aromatic heterocycles. The second-order valence-corrected chi connectivity index (χ2v) is 6.43. The highest BCUT2D eigenvalue weighted by Gasteiger charge is 2.24. The molecule has 1 fully saturated rings. The van der Waals surface area contributed by atoms with E-state index in [2.05, 4.69) is 36.7 Å². The number of thiophene rings is 1. The third-order valence-corrected chi connectivity index (χ3v) is 4.75. The molecule has 3 rings (SSSR count). The van der Waals surface area contributed by atoms with Gasteiger partial charge >= 0.3 is 0 Å². The summed E-state index contributed by atoms with van der Waals surface area (Å²) in [6, 6.07) is 2.05. The lowest BCUT2D eigenvalue weighted by atomic mass is 10.2. The average molecular weight is 357 g/mol. The third kappa shape index (κ3) is 3.08. The summed E-state index contributed by atoms with van der Waals surface area (Å²) in [5.74, 6) is 0.262. The quantitative estimate of drug-likeness (QED) is 0.877. The van der Waals surface area contributed by atoms with Gasteiger partial charge in [-0.15, -0.1) is 11.3 Å². The molecule has 0 aliphatic carbocycles. The highest BCUT2D eigenvalue weighted by Crippen LogP contribution is 2.21. The van der Waals surface area contributed by atoms with Crippen molar-refractivity contribution in [2.24, 2.45) is 0 Å². The molecule has 1 aliphatic heterocycles. The number of hydrogen-bond acceptors (Lipinski definition) is 6. The predicted octanol–water partition coefficient (Wildman–Crippen LogP) is 2.25. The molecule has 1 atom stereocenters. The van der Waals surface area contributed by atoms with Crippen molar-refractivity contribution in [1.82, 2.24) is 20.8 Å². The molecule has 1 aliphatic rings. The summed E-state index contributed by atoms with van der Waals surface area (Å²) < 4.78 is 6.15. The lowest BCUT2D eigenvalue weighted by Gasteiger charge is -2.01. The second-order valence-electron chi connectivity index (χ2n) is 4.52. The zero-order chi connectivity index (χ0) is 13.9. The first-order valence-corrected chi connectivity index (χ1v) is 7.98. The monoisotopic (exact) mass is 356 g/mol. The van der Waals surface area contributed by atoms with Gasteiger partial charge in [0.2, 0.25) is 5.89 Å². The number of carbonyl (C=O) groups is 1. The first kappa shape index (κ1) is 13.7. The molecule has 1 saturated heterocycles. The molecule has 106 valence electrons. The molecule has 2 aromatic rings. The van der Waals surface area contributed by atoms with Crippen LogP contribution in [0.1, 0.15) is 40.3 Å². The molecule has 0 aromatic carbocycles. The maximum absolute atomic E-state index is 11.9. The summed E-state index contributed by atoms with van der Waals surface area (Å²) >= 11 is 4.95. The van der Waals surface area contributed by atoms with Crippen LogP contribution in [0.5, 0.6) is 0 Å². The van der Waals surface area contributed by atoms with Gasteiger partial charge in [-0.3, -0.25) is 4.79 Å². The van der Waals surface area contributed by atoms with Crippen molar-refractivity contribution in [2.75, 3.05) is 6.54 Å². The smallest absolute Gasteiger partial charge is 0.292 e. The number of carbonyl (C=O) groups excluding carboxylic acids is 1. The van der Waals surface area contributed by atoms with Crippen LogP contribution < -0.4 is 10.6 Å². The van der Waals surface area contributed by atoms with Crippen molar-refractivity contribution in [1.29, 1.82) is 0 Å². The molecule has 3 heterocycles. The van der Waals surface area contributed by atoms with Crippen molar-refractivity contribution in [3.63, 3.8) is 0 Å². The molecular formula is C12H13BrN4O2S. The Morgan fingerprint density at radius 1 is 1.65 bits per heavy atom. The zero-order valence-corrected chi connectivity index (χ0v) is 13.0.